The standard InChI is InChI=1S/C11H14BrN3O3/c1-14-9(12)8(6-13-14)10(16)15-3-2-11(7-15)17-4-5-18-11/h6H,2-5,7H2,1H3. The van der Waals surface area contributed by atoms with Gasteiger partial charge in [0, 0.05) is 20.0 Å². The number of halogens is 1. The van der Waals surface area contributed by atoms with Crippen LogP contribution in [0.1, 0.15) is 16.8 Å². The van der Waals surface area contributed by atoms with E-state index in [1.165, 1.54) is 0 Å². The molecule has 6 nitrogen and oxygen atoms in total. The molecule has 1 amide bonds. The molecular formula is C11H14BrN3O3. The van der Waals surface area contributed by atoms with E-state index in [1.807, 2.05) is 0 Å². The fraction of sp³-hybridized carbons (Fsp3) is 0.636. The number of aryl methyl sites for hydroxylation is 1. The van der Waals surface area contributed by atoms with Crippen molar-refractivity contribution in [2.75, 3.05) is 26.3 Å². The molecule has 2 aliphatic rings. The highest BCUT2D eigenvalue weighted by atomic mass is 79.9. The highest BCUT2D eigenvalue weighted by Crippen LogP contribution is 2.31. The van der Waals surface area contributed by atoms with Gasteiger partial charge in [-0.2, -0.15) is 5.10 Å². The number of nitrogens with zero attached hydrogens (tertiary/aromatic N) is 3. The average Bonchev–Trinajstić information content (AvgIpc) is 3.05. The van der Waals surface area contributed by atoms with E-state index < -0.39 is 5.79 Å². The Balaban J connectivity index is 1.76. The van der Waals surface area contributed by atoms with Crippen LogP contribution in [0.4, 0.5) is 0 Å². The Bertz CT molecular complexity index is 482. The normalized spacial score (nSPS) is 22.0. The van der Waals surface area contributed by atoms with Gasteiger partial charge >= 0.3 is 0 Å². The zero-order valence-corrected chi connectivity index (χ0v) is 11.6. The summed E-state index contributed by atoms with van der Waals surface area (Å²) in [6, 6.07) is 0. The number of likely N-dealkylation sites (tertiary alicyclic amines) is 1. The van der Waals surface area contributed by atoms with Gasteiger partial charge in [-0.05, 0) is 15.9 Å². The maximum absolute atomic E-state index is 12.4. The van der Waals surface area contributed by atoms with E-state index in [2.05, 4.69) is 21.0 Å². The Morgan fingerprint density at radius 1 is 1.50 bits per heavy atom. The summed E-state index contributed by atoms with van der Waals surface area (Å²) >= 11 is 3.36. The number of rotatable bonds is 1. The second kappa shape index (κ2) is 4.32. The zero-order valence-electron chi connectivity index (χ0n) is 10.1. The molecule has 0 atom stereocenters. The van der Waals surface area contributed by atoms with E-state index in [0.717, 1.165) is 6.42 Å². The van der Waals surface area contributed by atoms with E-state index >= 15 is 0 Å². The first-order chi connectivity index (χ1) is 8.61. The van der Waals surface area contributed by atoms with Crippen molar-refractivity contribution in [1.29, 1.82) is 0 Å². The number of hydrogen-bond donors (Lipinski definition) is 0. The van der Waals surface area contributed by atoms with Crippen molar-refractivity contribution < 1.29 is 14.3 Å². The molecule has 0 N–H and O–H groups in total. The van der Waals surface area contributed by atoms with Crippen LogP contribution in [0.2, 0.25) is 0 Å². The highest BCUT2D eigenvalue weighted by Gasteiger charge is 2.45. The number of carbonyl (C=O) groups is 1. The molecule has 1 aromatic rings. The molecule has 3 rings (SSSR count). The second-order valence-corrected chi connectivity index (χ2v) is 5.31. The van der Waals surface area contributed by atoms with E-state index in [9.17, 15) is 4.79 Å². The number of carbonyl (C=O) groups excluding carboxylic acids is 1. The van der Waals surface area contributed by atoms with E-state index in [-0.39, 0.29) is 5.91 Å². The maximum Gasteiger partial charge on any atom is 0.258 e. The molecule has 2 saturated heterocycles. The third-order valence-corrected chi connectivity index (χ3v) is 4.33. The molecule has 0 aromatic carbocycles. The molecule has 0 radical (unpaired) electrons. The van der Waals surface area contributed by atoms with Crippen molar-refractivity contribution in [3.05, 3.63) is 16.4 Å². The van der Waals surface area contributed by atoms with Crippen molar-refractivity contribution in [2.45, 2.75) is 12.2 Å². The molecule has 2 aliphatic heterocycles. The average molecular weight is 316 g/mol. The van der Waals surface area contributed by atoms with Gasteiger partial charge in [0.1, 0.15) is 4.60 Å². The molecule has 1 spiro atoms. The Morgan fingerprint density at radius 2 is 2.22 bits per heavy atom. The quantitative estimate of drug-likeness (QED) is 0.768. The summed E-state index contributed by atoms with van der Waals surface area (Å²) in [5, 5.41) is 4.06. The molecule has 0 saturated carbocycles. The van der Waals surface area contributed by atoms with Crippen LogP contribution < -0.4 is 0 Å². The summed E-state index contributed by atoms with van der Waals surface area (Å²) in [5.41, 5.74) is 0.576. The molecule has 98 valence electrons. The van der Waals surface area contributed by atoms with Crippen LogP contribution >= 0.6 is 15.9 Å². The molecule has 3 heterocycles. The van der Waals surface area contributed by atoms with Crippen molar-refractivity contribution in [3.8, 4) is 0 Å². The topological polar surface area (TPSA) is 56.6 Å². The Labute approximate surface area is 113 Å². The van der Waals surface area contributed by atoms with Crippen LogP contribution in [0.5, 0.6) is 0 Å². The van der Waals surface area contributed by atoms with Crippen LogP contribution in [0.25, 0.3) is 0 Å². The van der Waals surface area contributed by atoms with Crippen LogP contribution in [0.15, 0.2) is 10.8 Å². The fourth-order valence-corrected chi connectivity index (χ4v) is 2.76. The lowest BCUT2D eigenvalue weighted by Gasteiger charge is -2.22. The number of aromatic nitrogens is 2. The van der Waals surface area contributed by atoms with Gasteiger partial charge in [-0.25, -0.2) is 0 Å². The lowest BCUT2D eigenvalue weighted by molar-refractivity contribution is -0.143. The number of ether oxygens (including phenoxy) is 2. The van der Waals surface area contributed by atoms with Crippen LogP contribution in [0, 0.1) is 0 Å². The smallest absolute Gasteiger partial charge is 0.258 e. The highest BCUT2D eigenvalue weighted by molar-refractivity contribution is 9.10. The van der Waals surface area contributed by atoms with Crippen molar-refractivity contribution in [1.82, 2.24) is 14.7 Å². The Morgan fingerprint density at radius 3 is 2.83 bits per heavy atom. The van der Waals surface area contributed by atoms with Gasteiger partial charge in [-0.1, -0.05) is 0 Å². The SMILES string of the molecule is Cn1ncc(C(=O)N2CCC3(C2)OCCO3)c1Br. The first-order valence-electron chi connectivity index (χ1n) is 5.86. The van der Waals surface area contributed by atoms with Gasteiger partial charge < -0.3 is 14.4 Å². The van der Waals surface area contributed by atoms with Crippen LogP contribution in [-0.4, -0.2) is 52.7 Å². The molecule has 18 heavy (non-hydrogen) atoms. The Kier molecular flexibility index (Phi) is 2.91. The minimum absolute atomic E-state index is 0.0362. The summed E-state index contributed by atoms with van der Waals surface area (Å²) in [6.45, 7) is 2.37. The molecule has 0 unspecified atom stereocenters. The number of hydrogen-bond acceptors (Lipinski definition) is 4. The van der Waals surface area contributed by atoms with Gasteiger partial charge in [0.2, 0.25) is 0 Å². The first-order valence-corrected chi connectivity index (χ1v) is 6.65. The summed E-state index contributed by atoms with van der Waals surface area (Å²) in [4.78, 5) is 14.1. The van der Waals surface area contributed by atoms with Gasteiger partial charge in [0.25, 0.3) is 5.91 Å². The monoisotopic (exact) mass is 315 g/mol. The third kappa shape index (κ3) is 1.86. The maximum atomic E-state index is 12.4. The van der Waals surface area contributed by atoms with Crippen LogP contribution in [0.3, 0.4) is 0 Å². The lowest BCUT2D eigenvalue weighted by atomic mass is 10.2. The number of amides is 1. The zero-order chi connectivity index (χ0) is 12.8. The van der Waals surface area contributed by atoms with Gasteiger partial charge in [0.15, 0.2) is 5.79 Å². The van der Waals surface area contributed by atoms with E-state index in [0.29, 0.717) is 36.5 Å². The summed E-state index contributed by atoms with van der Waals surface area (Å²) in [6.07, 6.45) is 2.31. The largest absolute Gasteiger partial charge is 0.346 e. The first kappa shape index (κ1) is 12.1. The van der Waals surface area contributed by atoms with Crippen molar-refractivity contribution in [2.24, 2.45) is 7.05 Å². The van der Waals surface area contributed by atoms with Crippen molar-refractivity contribution >= 4 is 21.8 Å². The van der Waals surface area contributed by atoms with E-state index in [4.69, 9.17) is 9.47 Å². The Hall–Kier alpha value is -0.920. The lowest BCUT2D eigenvalue weighted by Crippen LogP contribution is -2.36. The molecule has 0 aliphatic carbocycles. The second-order valence-electron chi connectivity index (χ2n) is 4.56. The minimum Gasteiger partial charge on any atom is -0.346 e. The fourth-order valence-electron chi connectivity index (χ4n) is 2.40. The molecule has 1 aromatic heterocycles. The molecular weight excluding hydrogens is 302 g/mol. The predicted molar refractivity (Wildman–Crippen MR) is 66.1 cm³/mol. The molecule has 7 heteroatoms. The summed E-state index contributed by atoms with van der Waals surface area (Å²) < 4.78 is 13.5. The minimum atomic E-state index is -0.565. The van der Waals surface area contributed by atoms with Gasteiger partial charge in [0.05, 0.1) is 31.5 Å². The van der Waals surface area contributed by atoms with Gasteiger partial charge in [-0.15, -0.1) is 0 Å². The summed E-state index contributed by atoms with van der Waals surface area (Å²) in [7, 11) is 1.79. The third-order valence-electron chi connectivity index (χ3n) is 3.39. The van der Waals surface area contributed by atoms with Gasteiger partial charge in [-0.3, -0.25) is 9.48 Å². The summed E-state index contributed by atoms with van der Waals surface area (Å²) in [5.74, 6) is -0.601. The molecule has 2 fully saturated rings. The predicted octanol–water partition coefficient (Wildman–Crippen LogP) is 0.772. The molecule has 0 bridgehead atoms. The van der Waals surface area contributed by atoms with Crippen molar-refractivity contribution in [3.63, 3.8) is 0 Å². The van der Waals surface area contributed by atoms with E-state index in [1.54, 1.807) is 22.8 Å². The van der Waals surface area contributed by atoms with Crippen LogP contribution in [-0.2, 0) is 16.5 Å².